The first-order chi connectivity index (χ1) is 12.2. The predicted molar refractivity (Wildman–Crippen MR) is 89.3 cm³/mol. The highest BCUT2D eigenvalue weighted by Gasteiger charge is 2.41. The van der Waals surface area contributed by atoms with Crippen LogP contribution in [0.1, 0.15) is 41.6 Å². The minimum absolute atomic E-state index is 0.0587. The highest BCUT2D eigenvalue weighted by Crippen LogP contribution is 2.30. The van der Waals surface area contributed by atoms with E-state index in [0.717, 1.165) is 25.0 Å². The molecule has 1 heterocycles. The third-order valence-corrected chi connectivity index (χ3v) is 5.23. The first-order valence-corrected chi connectivity index (χ1v) is 8.75. The number of halogens is 3. The number of hydrogen-bond donors (Lipinski definition) is 1. The molecule has 142 valence electrons. The number of piperazine rings is 1. The maximum atomic E-state index is 12.6. The van der Waals surface area contributed by atoms with Gasteiger partial charge >= 0.3 is 6.18 Å². The van der Waals surface area contributed by atoms with E-state index < -0.39 is 17.3 Å². The second kappa shape index (κ2) is 6.90. The molecule has 3 rings (SSSR count). The molecule has 5 nitrogen and oxygen atoms in total. The average molecular weight is 369 g/mol. The molecule has 2 aliphatic rings. The summed E-state index contributed by atoms with van der Waals surface area (Å²) in [7, 11) is 0. The van der Waals surface area contributed by atoms with E-state index in [1.54, 1.807) is 9.80 Å². The SMILES string of the molecule is NC1(C(=O)N2CCN(C(=O)c3ccc(C(F)(F)F)cc3)CC2)CCCC1. The van der Waals surface area contributed by atoms with Gasteiger partial charge in [-0.25, -0.2) is 0 Å². The van der Waals surface area contributed by atoms with Crippen LogP contribution in [0.5, 0.6) is 0 Å². The van der Waals surface area contributed by atoms with Crippen molar-refractivity contribution in [1.29, 1.82) is 0 Å². The van der Waals surface area contributed by atoms with Gasteiger partial charge in [-0.3, -0.25) is 9.59 Å². The monoisotopic (exact) mass is 369 g/mol. The number of nitrogens with zero attached hydrogens (tertiary/aromatic N) is 2. The molecule has 0 aromatic heterocycles. The van der Waals surface area contributed by atoms with Crippen LogP contribution in [0.3, 0.4) is 0 Å². The summed E-state index contributed by atoms with van der Waals surface area (Å²) in [6, 6.07) is 4.20. The molecule has 1 aromatic carbocycles. The van der Waals surface area contributed by atoms with Gasteiger partial charge in [0.1, 0.15) is 0 Å². The summed E-state index contributed by atoms with van der Waals surface area (Å²) in [5, 5.41) is 0. The largest absolute Gasteiger partial charge is 0.416 e. The van der Waals surface area contributed by atoms with Gasteiger partial charge < -0.3 is 15.5 Å². The summed E-state index contributed by atoms with van der Waals surface area (Å²) in [5.74, 6) is -0.384. The summed E-state index contributed by atoms with van der Waals surface area (Å²) in [4.78, 5) is 28.3. The lowest BCUT2D eigenvalue weighted by Crippen LogP contribution is -2.59. The van der Waals surface area contributed by atoms with E-state index in [0.29, 0.717) is 39.0 Å². The minimum Gasteiger partial charge on any atom is -0.338 e. The summed E-state index contributed by atoms with van der Waals surface area (Å²) >= 11 is 0. The summed E-state index contributed by atoms with van der Waals surface area (Å²) in [6.07, 6.45) is -1.14. The van der Waals surface area contributed by atoms with Crippen molar-refractivity contribution in [2.75, 3.05) is 26.2 Å². The van der Waals surface area contributed by atoms with Crippen LogP contribution in [-0.2, 0) is 11.0 Å². The van der Waals surface area contributed by atoms with E-state index in [4.69, 9.17) is 5.73 Å². The fourth-order valence-corrected chi connectivity index (χ4v) is 3.63. The highest BCUT2D eigenvalue weighted by molar-refractivity contribution is 5.94. The van der Waals surface area contributed by atoms with Gasteiger partial charge in [-0.1, -0.05) is 12.8 Å². The maximum absolute atomic E-state index is 12.6. The number of carbonyl (C=O) groups is 2. The van der Waals surface area contributed by atoms with Gasteiger partial charge in [0.25, 0.3) is 5.91 Å². The molecule has 2 amide bonds. The molecule has 1 aliphatic heterocycles. The number of amides is 2. The normalized spacial score (nSPS) is 20.3. The topological polar surface area (TPSA) is 66.6 Å². The molecule has 1 saturated heterocycles. The van der Waals surface area contributed by atoms with Crippen LogP contribution in [0, 0.1) is 0 Å². The second-order valence-electron chi connectivity index (χ2n) is 7.02. The Morgan fingerprint density at radius 2 is 1.42 bits per heavy atom. The van der Waals surface area contributed by atoms with Crippen LogP contribution < -0.4 is 5.73 Å². The lowest BCUT2D eigenvalue weighted by atomic mass is 9.97. The van der Waals surface area contributed by atoms with Crippen molar-refractivity contribution < 1.29 is 22.8 Å². The molecular weight excluding hydrogens is 347 g/mol. The molecule has 2 fully saturated rings. The molecular formula is C18H22F3N3O2. The van der Waals surface area contributed by atoms with Gasteiger partial charge in [-0.05, 0) is 37.1 Å². The van der Waals surface area contributed by atoms with Crippen LogP contribution in [0.2, 0.25) is 0 Å². The third kappa shape index (κ3) is 3.70. The number of carbonyl (C=O) groups excluding carboxylic acids is 2. The standard InChI is InChI=1S/C18H22F3N3O2/c19-18(20,21)14-5-3-13(4-6-14)15(25)23-9-11-24(12-10-23)16(26)17(22)7-1-2-8-17/h3-6H,1-2,7-12,22H2. The molecule has 1 aliphatic carbocycles. The Labute approximate surface area is 149 Å². The molecule has 8 heteroatoms. The van der Waals surface area contributed by atoms with E-state index in [1.807, 2.05) is 0 Å². The summed E-state index contributed by atoms with van der Waals surface area (Å²) in [5.41, 5.74) is 4.86. The zero-order valence-electron chi connectivity index (χ0n) is 14.4. The fourth-order valence-electron chi connectivity index (χ4n) is 3.63. The van der Waals surface area contributed by atoms with Crippen LogP contribution in [0.25, 0.3) is 0 Å². The van der Waals surface area contributed by atoms with Crippen molar-refractivity contribution in [2.45, 2.75) is 37.4 Å². The number of nitrogens with two attached hydrogens (primary N) is 1. The van der Waals surface area contributed by atoms with Gasteiger partial charge in [0, 0.05) is 31.7 Å². The smallest absolute Gasteiger partial charge is 0.338 e. The first-order valence-electron chi connectivity index (χ1n) is 8.75. The van der Waals surface area contributed by atoms with Crippen LogP contribution >= 0.6 is 0 Å². The maximum Gasteiger partial charge on any atom is 0.416 e. The quantitative estimate of drug-likeness (QED) is 0.870. The molecule has 0 spiro atoms. The third-order valence-electron chi connectivity index (χ3n) is 5.23. The molecule has 0 bridgehead atoms. The number of rotatable bonds is 2. The van der Waals surface area contributed by atoms with Crippen molar-refractivity contribution >= 4 is 11.8 Å². The van der Waals surface area contributed by atoms with Gasteiger partial charge in [0.05, 0.1) is 11.1 Å². The number of alkyl halides is 3. The van der Waals surface area contributed by atoms with Gasteiger partial charge in [-0.15, -0.1) is 0 Å². The molecule has 0 atom stereocenters. The van der Waals surface area contributed by atoms with E-state index >= 15 is 0 Å². The molecule has 2 N–H and O–H groups in total. The number of hydrogen-bond acceptors (Lipinski definition) is 3. The average Bonchev–Trinajstić information content (AvgIpc) is 3.08. The van der Waals surface area contributed by atoms with E-state index in [9.17, 15) is 22.8 Å². The zero-order valence-corrected chi connectivity index (χ0v) is 14.4. The Kier molecular flexibility index (Phi) is 4.96. The minimum atomic E-state index is -4.42. The summed E-state index contributed by atoms with van der Waals surface area (Å²) < 4.78 is 37.8. The van der Waals surface area contributed by atoms with Crippen molar-refractivity contribution in [3.05, 3.63) is 35.4 Å². The Bertz CT molecular complexity index is 674. The fraction of sp³-hybridized carbons (Fsp3) is 0.556. The van der Waals surface area contributed by atoms with Crippen molar-refractivity contribution in [2.24, 2.45) is 5.73 Å². The van der Waals surface area contributed by atoms with Gasteiger partial charge in [-0.2, -0.15) is 13.2 Å². The number of benzene rings is 1. The summed E-state index contributed by atoms with van der Waals surface area (Å²) in [6.45, 7) is 1.48. The Balaban J connectivity index is 1.59. The van der Waals surface area contributed by atoms with Crippen molar-refractivity contribution in [3.63, 3.8) is 0 Å². The van der Waals surface area contributed by atoms with Crippen LogP contribution in [0.15, 0.2) is 24.3 Å². The van der Waals surface area contributed by atoms with Gasteiger partial charge in [0.2, 0.25) is 5.91 Å². The van der Waals surface area contributed by atoms with Crippen molar-refractivity contribution in [1.82, 2.24) is 9.80 Å². The van der Waals surface area contributed by atoms with Crippen LogP contribution in [0.4, 0.5) is 13.2 Å². The van der Waals surface area contributed by atoms with Crippen molar-refractivity contribution in [3.8, 4) is 0 Å². The lowest BCUT2D eigenvalue weighted by molar-refractivity contribution is -0.138. The van der Waals surface area contributed by atoms with E-state index in [2.05, 4.69) is 0 Å². The first kappa shape index (κ1) is 18.7. The Morgan fingerprint density at radius 3 is 1.92 bits per heavy atom. The molecule has 1 saturated carbocycles. The van der Waals surface area contributed by atoms with Crippen LogP contribution in [-0.4, -0.2) is 53.3 Å². The zero-order chi connectivity index (χ0) is 18.9. The molecule has 1 aromatic rings. The molecule has 0 unspecified atom stereocenters. The molecule has 0 radical (unpaired) electrons. The molecule has 26 heavy (non-hydrogen) atoms. The van der Waals surface area contributed by atoms with E-state index in [-0.39, 0.29) is 17.4 Å². The second-order valence-corrected chi connectivity index (χ2v) is 7.02. The Morgan fingerprint density at radius 1 is 0.923 bits per heavy atom. The van der Waals surface area contributed by atoms with E-state index in [1.165, 1.54) is 12.1 Å². The predicted octanol–water partition coefficient (Wildman–Crippen LogP) is 2.26. The highest BCUT2D eigenvalue weighted by atomic mass is 19.4. The van der Waals surface area contributed by atoms with Gasteiger partial charge in [0.15, 0.2) is 0 Å². The lowest BCUT2D eigenvalue weighted by Gasteiger charge is -2.38. The Hall–Kier alpha value is -2.09.